The average Bonchev–Trinajstić information content (AvgIpc) is 2.81. The quantitative estimate of drug-likeness (QED) is 0.884. The van der Waals surface area contributed by atoms with Crippen LogP contribution in [0.5, 0.6) is 0 Å². The van der Waals surface area contributed by atoms with E-state index in [0.717, 1.165) is 23.1 Å². The van der Waals surface area contributed by atoms with E-state index in [9.17, 15) is 18.4 Å². The maximum Gasteiger partial charge on any atom is 0.340 e. The molecule has 1 heterocycles. The summed E-state index contributed by atoms with van der Waals surface area (Å²) in [5.74, 6) is -3.37. The number of ether oxygens (including phenoxy) is 1. The Labute approximate surface area is 123 Å². The molecule has 0 unspecified atom stereocenters. The number of hydrogen-bond donors (Lipinski definition) is 1. The zero-order valence-corrected chi connectivity index (χ0v) is 12.0. The maximum absolute atomic E-state index is 13.1. The summed E-state index contributed by atoms with van der Waals surface area (Å²) in [5.41, 5.74) is 0.173. The van der Waals surface area contributed by atoms with Crippen molar-refractivity contribution in [3.63, 3.8) is 0 Å². The van der Waals surface area contributed by atoms with Crippen molar-refractivity contribution >= 4 is 28.2 Å². The standard InChI is InChI=1S/C14H11F2NO3S/c1-7-5-9(14(19)20-2)13(21-7)17-12(18)8-3-4-10(15)11(16)6-8/h3-6H,1-2H3,(H,17,18). The number of hydrogen-bond acceptors (Lipinski definition) is 4. The fourth-order valence-electron chi connectivity index (χ4n) is 1.68. The molecule has 0 radical (unpaired) electrons. The molecular weight excluding hydrogens is 300 g/mol. The van der Waals surface area contributed by atoms with E-state index >= 15 is 0 Å². The summed E-state index contributed by atoms with van der Waals surface area (Å²) in [6, 6.07) is 4.40. The molecule has 21 heavy (non-hydrogen) atoms. The van der Waals surface area contributed by atoms with Crippen LogP contribution in [0.2, 0.25) is 0 Å². The lowest BCUT2D eigenvalue weighted by atomic mass is 10.2. The predicted octanol–water partition coefficient (Wildman–Crippen LogP) is 3.37. The van der Waals surface area contributed by atoms with Crippen LogP contribution in [0.1, 0.15) is 25.6 Å². The minimum absolute atomic E-state index is 0.0456. The highest BCUT2D eigenvalue weighted by Crippen LogP contribution is 2.28. The topological polar surface area (TPSA) is 55.4 Å². The Hall–Kier alpha value is -2.28. The van der Waals surface area contributed by atoms with E-state index in [1.807, 2.05) is 0 Å². The number of rotatable bonds is 3. The molecule has 0 saturated heterocycles. The van der Waals surface area contributed by atoms with Crippen LogP contribution in [-0.4, -0.2) is 19.0 Å². The molecule has 0 aliphatic carbocycles. The van der Waals surface area contributed by atoms with E-state index < -0.39 is 23.5 Å². The summed E-state index contributed by atoms with van der Waals surface area (Å²) < 4.78 is 30.6. The SMILES string of the molecule is COC(=O)c1cc(C)sc1NC(=O)c1ccc(F)c(F)c1. The number of halogens is 2. The Bertz CT molecular complexity index is 712. The molecule has 0 spiro atoms. The molecule has 0 saturated carbocycles. The molecule has 0 aliphatic heterocycles. The van der Waals surface area contributed by atoms with E-state index in [1.165, 1.54) is 18.4 Å². The van der Waals surface area contributed by atoms with Gasteiger partial charge in [0.1, 0.15) is 5.00 Å². The number of nitrogens with one attached hydrogen (secondary N) is 1. The molecule has 1 N–H and O–H groups in total. The van der Waals surface area contributed by atoms with Crippen LogP contribution in [0.4, 0.5) is 13.8 Å². The van der Waals surface area contributed by atoms with Crippen LogP contribution < -0.4 is 5.32 Å². The van der Waals surface area contributed by atoms with Crippen molar-refractivity contribution in [3.8, 4) is 0 Å². The normalized spacial score (nSPS) is 10.3. The number of esters is 1. The summed E-state index contributed by atoms with van der Waals surface area (Å²) in [7, 11) is 1.23. The molecule has 0 aliphatic rings. The third-order valence-electron chi connectivity index (χ3n) is 2.67. The van der Waals surface area contributed by atoms with Gasteiger partial charge in [-0.25, -0.2) is 13.6 Å². The van der Waals surface area contributed by atoms with Gasteiger partial charge in [-0.05, 0) is 31.2 Å². The van der Waals surface area contributed by atoms with Gasteiger partial charge in [-0.15, -0.1) is 11.3 Å². The van der Waals surface area contributed by atoms with Gasteiger partial charge in [0.15, 0.2) is 11.6 Å². The minimum atomic E-state index is -1.11. The van der Waals surface area contributed by atoms with Gasteiger partial charge in [-0.1, -0.05) is 0 Å². The Morgan fingerprint density at radius 2 is 1.90 bits per heavy atom. The molecule has 2 rings (SSSR count). The van der Waals surface area contributed by atoms with Gasteiger partial charge in [-0.2, -0.15) is 0 Å². The fourth-order valence-corrected chi connectivity index (χ4v) is 2.58. The molecule has 7 heteroatoms. The summed E-state index contributed by atoms with van der Waals surface area (Å²) in [6.45, 7) is 1.77. The largest absolute Gasteiger partial charge is 0.465 e. The first-order valence-electron chi connectivity index (χ1n) is 5.87. The van der Waals surface area contributed by atoms with Crippen LogP contribution in [0.3, 0.4) is 0 Å². The first-order chi connectivity index (χ1) is 9.92. The van der Waals surface area contributed by atoms with E-state index in [4.69, 9.17) is 0 Å². The average molecular weight is 311 g/mol. The molecule has 0 atom stereocenters. The highest BCUT2D eigenvalue weighted by molar-refractivity contribution is 7.16. The van der Waals surface area contributed by atoms with Gasteiger partial charge in [0.25, 0.3) is 5.91 Å². The number of aryl methyl sites for hydroxylation is 1. The number of thiophene rings is 1. The molecule has 1 aromatic carbocycles. The van der Waals surface area contributed by atoms with Gasteiger partial charge < -0.3 is 10.1 Å². The van der Waals surface area contributed by atoms with Crippen molar-refractivity contribution in [1.29, 1.82) is 0 Å². The van der Waals surface area contributed by atoms with E-state index in [0.29, 0.717) is 5.00 Å². The molecule has 0 fully saturated rings. The molecule has 1 aromatic heterocycles. The van der Waals surface area contributed by atoms with Crippen molar-refractivity contribution in [1.82, 2.24) is 0 Å². The van der Waals surface area contributed by atoms with Gasteiger partial charge >= 0.3 is 5.97 Å². The van der Waals surface area contributed by atoms with Crippen molar-refractivity contribution < 1.29 is 23.1 Å². The van der Waals surface area contributed by atoms with Crippen LogP contribution in [0.15, 0.2) is 24.3 Å². The molecule has 2 aromatic rings. The Kier molecular flexibility index (Phi) is 4.32. The molecule has 0 bridgehead atoms. The highest BCUT2D eigenvalue weighted by atomic mass is 32.1. The number of amides is 1. The molecule has 4 nitrogen and oxygen atoms in total. The van der Waals surface area contributed by atoms with Crippen LogP contribution in [0.25, 0.3) is 0 Å². The number of anilines is 1. The summed E-state index contributed by atoms with van der Waals surface area (Å²) >= 11 is 1.19. The number of benzene rings is 1. The second-order valence-corrected chi connectivity index (χ2v) is 5.43. The maximum atomic E-state index is 13.1. The van der Waals surface area contributed by atoms with Crippen molar-refractivity contribution in [2.45, 2.75) is 6.92 Å². The third kappa shape index (κ3) is 3.25. The van der Waals surface area contributed by atoms with Gasteiger partial charge in [0.05, 0.1) is 12.7 Å². The van der Waals surface area contributed by atoms with E-state index in [1.54, 1.807) is 13.0 Å². The number of methoxy groups -OCH3 is 1. The Morgan fingerprint density at radius 1 is 1.19 bits per heavy atom. The molecule has 110 valence electrons. The Morgan fingerprint density at radius 3 is 2.52 bits per heavy atom. The van der Waals surface area contributed by atoms with Crippen molar-refractivity contribution in [2.24, 2.45) is 0 Å². The second-order valence-electron chi connectivity index (χ2n) is 4.17. The van der Waals surface area contributed by atoms with Gasteiger partial charge in [0, 0.05) is 10.4 Å². The fraction of sp³-hybridized carbons (Fsp3) is 0.143. The van der Waals surface area contributed by atoms with Crippen LogP contribution in [-0.2, 0) is 4.74 Å². The highest BCUT2D eigenvalue weighted by Gasteiger charge is 2.18. The van der Waals surface area contributed by atoms with Crippen LogP contribution >= 0.6 is 11.3 Å². The lowest BCUT2D eigenvalue weighted by Crippen LogP contribution is -2.14. The monoisotopic (exact) mass is 311 g/mol. The summed E-state index contributed by atoms with van der Waals surface area (Å²) in [4.78, 5) is 24.4. The second kappa shape index (κ2) is 6.01. The minimum Gasteiger partial charge on any atom is -0.465 e. The van der Waals surface area contributed by atoms with E-state index in [-0.39, 0.29) is 11.1 Å². The first-order valence-corrected chi connectivity index (χ1v) is 6.69. The van der Waals surface area contributed by atoms with Gasteiger partial charge in [-0.3, -0.25) is 4.79 Å². The lowest BCUT2D eigenvalue weighted by Gasteiger charge is -2.05. The third-order valence-corrected chi connectivity index (χ3v) is 3.64. The zero-order chi connectivity index (χ0) is 15.6. The first kappa shape index (κ1) is 15.1. The zero-order valence-electron chi connectivity index (χ0n) is 11.2. The van der Waals surface area contributed by atoms with Crippen LogP contribution in [0, 0.1) is 18.6 Å². The summed E-state index contributed by atoms with van der Waals surface area (Å²) in [6.07, 6.45) is 0. The van der Waals surface area contributed by atoms with Gasteiger partial charge in [0.2, 0.25) is 0 Å². The van der Waals surface area contributed by atoms with Crippen molar-refractivity contribution in [2.75, 3.05) is 12.4 Å². The Balaban J connectivity index is 2.27. The van der Waals surface area contributed by atoms with Crippen molar-refractivity contribution in [3.05, 3.63) is 51.9 Å². The predicted molar refractivity (Wildman–Crippen MR) is 74.7 cm³/mol. The molecular formula is C14H11F2NO3S. The smallest absolute Gasteiger partial charge is 0.340 e. The number of carbonyl (C=O) groups is 2. The number of carbonyl (C=O) groups excluding carboxylic acids is 2. The van der Waals surface area contributed by atoms with E-state index in [2.05, 4.69) is 10.1 Å². The lowest BCUT2D eigenvalue weighted by molar-refractivity contribution is 0.0602. The molecule has 1 amide bonds. The summed E-state index contributed by atoms with van der Waals surface area (Å²) in [5, 5.41) is 2.80.